The van der Waals surface area contributed by atoms with Gasteiger partial charge in [0.15, 0.2) is 23.0 Å². The van der Waals surface area contributed by atoms with Gasteiger partial charge in [-0.1, -0.05) is 31.9 Å². The number of nitrogens with zero attached hydrogens (tertiary/aromatic N) is 1. The van der Waals surface area contributed by atoms with Crippen LogP contribution in [0, 0.1) is 5.92 Å². The highest BCUT2D eigenvalue weighted by Gasteiger charge is 2.31. The minimum Gasteiger partial charge on any atom is -0.454 e. The molecule has 5 nitrogen and oxygen atoms in total. The number of unbranched alkanes of at least 4 members (excludes halogenated alkanes) is 2. The van der Waals surface area contributed by atoms with Gasteiger partial charge < -0.3 is 23.8 Å². The average Bonchev–Trinajstić information content (AvgIpc) is 3.42. The molecule has 0 amide bonds. The highest BCUT2D eigenvalue weighted by Crippen LogP contribution is 2.41. The van der Waals surface area contributed by atoms with Gasteiger partial charge in [-0.15, -0.1) is 0 Å². The van der Waals surface area contributed by atoms with Gasteiger partial charge in [-0.2, -0.15) is 0 Å². The van der Waals surface area contributed by atoms with E-state index in [1.165, 1.54) is 49.9 Å². The van der Waals surface area contributed by atoms with E-state index in [2.05, 4.69) is 48.2 Å². The number of ether oxygens (including phenoxy) is 4. The molecule has 5 rings (SSSR count). The SMILES string of the molecule is CCCCCN1CC[C@@H](c2ccc3c(c2)OCO3)[C@H](Cc2ccc3c(c2)OCO3)C1. The highest BCUT2D eigenvalue weighted by atomic mass is 16.7. The van der Waals surface area contributed by atoms with Crippen LogP contribution in [0.2, 0.25) is 0 Å². The van der Waals surface area contributed by atoms with Gasteiger partial charge in [-0.05, 0) is 79.6 Å². The predicted octanol–water partition coefficient (Wildman–Crippen LogP) is 4.98. The Hall–Kier alpha value is -2.40. The van der Waals surface area contributed by atoms with Gasteiger partial charge in [-0.25, -0.2) is 0 Å². The first-order valence-electron chi connectivity index (χ1n) is 11.3. The molecule has 30 heavy (non-hydrogen) atoms. The molecular formula is C25H31NO4. The molecule has 160 valence electrons. The fraction of sp³-hybridized carbons (Fsp3) is 0.520. The average molecular weight is 410 g/mol. The number of rotatable bonds is 7. The fourth-order valence-electron chi connectivity index (χ4n) is 5.06. The molecule has 5 heteroatoms. The first kappa shape index (κ1) is 19.6. The van der Waals surface area contributed by atoms with Gasteiger partial charge in [0.1, 0.15) is 0 Å². The number of piperidine rings is 1. The summed E-state index contributed by atoms with van der Waals surface area (Å²) in [5.41, 5.74) is 2.70. The summed E-state index contributed by atoms with van der Waals surface area (Å²) in [6.07, 6.45) is 6.10. The van der Waals surface area contributed by atoms with Crippen LogP contribution in [-0.2, 0) is 6.42 Å². The van der Waals surface area contributed by atoms with E-state index in [4.69, 9.17) is 18.9 Å². The lowest BCUT2D eigenvalue weighted by Crippen LogP contribution is -2.40. The van der Waals surface area contributed by atoms with Crippen LogP contribution in [0.15, 0.2) is 36.4 Å². The maximum atomic E-state index is 5.66. The zero-order chi connectivity index (χ0) is 20.3. The quantitative estimate of drug-likeness (QED) is 0.603. The topological polar surface area (TPSA) is 40.2 Å². The van der Waals surface area contributed by atoms with Crippen molar-refractivity contribution in [3.8, 4) is 23.0 Å². The van der Waals surface area contributed by atoms with E-state index in [1.54, 1.807) is 0 Å². The minimum atomic E-state index is 0.327. The number of benzene rings is 2. The van der Waals surface area contributed by atoms with Crippen molar-refractivity contribution in [2.75, 3.05) is 33.2 Å². The third kappa shape index (κ3) is 4.08. The second-order valence-electron chi connectivity index (χ2n) is 8.67. The van der Waals surface area contributed by atoms with Crippen molar-refractivity contribution in [3.63, 3.8) is 0 Å². The Morgan fingerprint density at radius 2 is 1.60 bits per heavy atom. The normalized spacial score (nSPS) is 22.4. The van der Waals surface area contributed by atoms with E-state index in [0.717, 1.165) is 36.0 Å². The third-order valence-corrected chi connectivity index (χ3v) is 6.66. The Kier molecular flexibility index (Phi) is 5.71. The molecule has 0 unspecified atom stereocenters. The van der Waals surface area contributed by atoms with Gasteiger partial charge in [0.05, 0.1) is 0 Å². The third-order valence-electron chi connectivity index (χ3n) is 6.66. The lowest BCUT2D eigenvalue weighted by molar-refractivity contribution is 0.150. The number of hydrogen-bond acceptors (Lipinski definition) is 5. The van der Waals surface area contributed by atoms with Crippen molar-refractivity contribution in [1.29, 1.82) is 0 Å². The van der Waals surface area contributed by atoms with E-state index >= 15 is 0 Å². The number of fused-ring (bicyclic) bond motifs is 2. The zero-order valence-corrected chi connectivity index (χ0v) is 17.8. The van der Waals surface area contributed by atoms with Crippen molar-refractivity contribution >= 4 is 0 Å². The van der Waals surface area contributed by atoms with Crippen molar-refractivity contribution in [2.24, 2.45) is 5.92 Å². The lowest BCUT2D eigenvalue weighted by Gasteiger charge is -2.39. The molecule has 3 aliphatic heterocycles. The van der Waals surface area contributed by atoms with E-state index in [0.29, 0.717) is 25.4 Å². The van der Waals surface area contributed by atoms with Crippen molar-refractivity contribution in [3.05, 3.63) is 47.5 Å². The molecule has 2 aromatic carbocycles. The molecule has 1 saturated heterocycles. The van der Waals surface area contributed by atoms with Crippen LogP contribution >= 0.6 is 0 Å². The second kappa shape index (κ2) is 8.76. The first-order chi connectivity index (χ1) is 14.8. The molecule has 0 bridgehead atoms. The van der Waals surface area contributed by atoms with Gasteiger partial charge >= 0.3 is 0 Å². The Labute approximate surface area is 178 Å². The summed E-state index contributed by atoms with van der Waals surface area (Å²) in [6.45, 7) is 6.44. The molecule has 0 spiro atoms. The smallest absolute Gasteiger partial charge is 0.231 e. The molecule has 3 aliphatic rings. The van der Waals surface area contributed by atoms with Crippen LogP contribution in [0.4, 0.5) is 0 Å². The molecule has 0 aliphatic carbocycles. The predicted molar refractivity (Wildman–Crippen MR) is 116 cm³/mol. The van der Waals surface area contributed by atoms with Crippen molar-refractivity contribution < 1.29 is 18.9 Å². The van der Waals surface area contributed by atoms with Crippen LogP contribution < -0.4 is 18.9 Å². The van der Waals surface area contributed by atoms with Crippen LogP contribution in [-0.4, -0.2) is 38.1 Å². The molecule has 0 radical (unpaired) electrons. The summed E-state index contributed by atoms with van der Waals surface area (Å²) < 4.78 is 22.3. The number of likely N-dealkylation sites (tertiary alicyclic amines) is 1. The Morgan fingerprint density at radius 3 is 2.40 bits per heavy atom. The van der Waals surface area contributed by atoms with Gasteiger partial charge in [0, 0.05) is 6.54 Å². The summed E-state index contributed by atoms with van der Waals surface area (Å²) in [7, 11) is 0. The Morgan fingerprint density at radius 1 is 0.867 bits per heavy atom. The van der Waals surface area contributed by atoms with Crippen molar-refractivity contribution in [1.82, 2.24) is 4.90 Å². The summed E-state index contributed by atoms with van der Waals surface area (Å²) in [5, 5.41) is 0. The largest absolute Gasteiger partial charge is 0.454 e. The molecule has 0 N–H and O–H groups in total. The van der Waals surface area contributed by atoms with Gasteiger partial charge in [0.25, 0.3) is 0 Å². The second-order valence-corrected chi connectivity index (χ2v) is 8.67. The van der Waals surface area contributed by atoms with E-state index in [-0.39, 0.29) is 0 Å². The maximum Gasteiger partial charge on any atom is 0.231 e. The van der Waals surface area contributed by atoms with Gasteiger partial charge in [-0.3, -0.25) is 0 Å². The van der Waals surface area contributed by atoms with Crippen LogP contribution in [0.1, 0.15) is 49.7 Å². The molecule has 2 aromatic rings. The fourth-order valence-corrected chi connectivity index (χ4v) is 5.06. The van der Waals surface area contributed by atoms with Crippen LogP contribution in [0.25, 0.3) is 0 Å². The summed E-state index contributed by atoms with van der Waals surface area (Å²) >= 11 is 0. The molecule has 0 saturated carbocycles. The monoisotopic (exact) mass is 409 g/mol. The Balaban J connectivity index is 1.36. The van der Waals surface area contributed by atoms with E-state index in [9.17, 15) is 0 Å². The van der Waals surface area contributed by atoms with Crippen molar-refractivity contribution in [2.45, 2.75) is 44.9 Å². The molecule has 1 fully saturated rings. The summed E-state index contributed by atoms with van der Waals surface area (Å²) in [6, 6.07) is 12.9. The first-order valence-corrected chi connectivity index (χ1v) is 11.3. The van der Waals surface area contributed by atoms with E-state index in [1.807, 2.05) is 0 Å². The van der Waals surface area contributed by atoms with E-state index < -0.39 is 0 Å². The molecular weight excluding hydrogens is 378 g/mol. The molecule has 2 atom stereocenters. The standard InChI is InChI=1S/C25H31NO4/c1-2-3-4-10-26-11-9-21(19-6-8-23-25(14-19)30-17-28-23)20(15-26)12-18-5-7-22-24(13-18)29-16-27-22/h5-8,13-14,20-21H,2-4,9-12,15-17H2,1H3/t20-,21+/m1/s1. The number of hydrogen-bond donors (Lipinski definition) is 0. The minimum absolute atomic E-state index is 0.327. The molecule has 3 heterocycles. The molecule has 0 aromatic heterocycles. The van der Waals surface area contributed by atoms with Crippen LogP contribution in [0.3, 0.4) is 0 Å². The highest BCUT2D eigenvalue weighted by molar-refractivity contribution is 5.46. The van der Waals surface area contributed by atoms with Gasteiger partial charge in [0.2, 0.25) is 13.6 Å². The summed E-state index contributed by atoms with van der Waals surface area (Å²) in [4.78, 5) is 2.66. The lowest BCUT2D eigenvalue weighted by atomic mass is 9.77. The summed E-state index contributed by atoms with van der Waals surface area (Å²) in [5.74, 6) is 4.56. The zero-order valence-electron chi connectivity index (χ0n) is 17.8. The van der Waals surface area contributed by atoms with Crippen LogP contribution in [0.5, 0.6) is 23.0 Å². The maximum absolute atomic E-state index is 5.66. The Bertz CT molecular complexity index is 883.